The topological polar surface area (TPSA) is 43.7 Å². The minimum atomic E-state index is 0.169. The lowest BCUT2D eigenvalue weighted by atomic mass is 10.4. The first-order valence-electron chi connectivity index (χ1n) is 3.85. The molecule has 0 fully saturated rings. The Hall–Kier alpha value is 0.360. The molecule has 0 saturated carbocycles. The van der Waals surface area contributed by atoms with Crippen molar-refractivity contribution in [3.8, 4) is 0 Å². The van der Waals surface area contributed by atoms with Gasteiger partial charge in [0.1, 0.15) is 0 Å². The third-order valence-electron chi connectivity index (χ3n) is 1.44. The van der Waals surface area contributed by atoms with E-state index in [1.807, 2.05) is 4.90 Å². The zero-order valence-electron chi connectivity index (χ0n) is 6.67. The van der Waals surface area contributed by atoms with Gasteiger partial charge in [-0.3, -0.25) is 4.90 Å². The molecule has 0 amide bonds. The van der Waals surface area contributed by atoms with E-state index in [-0.39, 0.29) is 13.2 Å². The standard InChI is InChI=1S/C7H16BrNO2/c8-2-1-3-9(4-6-10)5-7-11/h10-11H,1-7H2. The number of alkyl halides is 1. The molecule has 0 radical (unpaired) electrons. The molecule has 0 rings (SSSR count). The summed E-state index contributed by atoms with van der Waals surface area (Å²) in [4.78, 5) is 2.04. The molecule has 0 unspecified atom stereocenters. The number of aliphatic hydroxyl groups excluding tert-OH is 2. The summed E-state index contributed by atoms with van der Waals surface area (Å²) < 4.78 is 0. The molecule has 0 heterocycles. The Balaban J connectivity index is 3.34. The Bertz CT molecular complexity index is 76.8. The van der Waals surface area contributed by atoms with E-state index in [9.17, 15) is 0 Å². The van der Waals surface area contributed by atoms with E-state index in [0.717, 1.165) is 18.3 Å². The summed E-state index contributed by atoms with van der Waals surface area (Å²) in [6.07, 6.45) is 1.06. The largest absolute Gasteiger partial charge is 0.395 e. The highest BCUT2D eigenvalue weighted by molar-refractivity contribution is 9.09. The fourth-order valence-electron chi connectivity index (χ4n) is 0.902. The van der Waals surface area contributed by atoms with Gasteiger partial charge in [0.05, 0.1) is 13.2 Å². The van der Waals surface area contributed by atoms with Crippen LogP contribution in [-0.2, 0) is 0 Å². The molecule has 0 aliphatic carbocycles. The Labute approximate surface area is 76.1 Å². The van der Waals surface area contributed by atoms with Gasteiger partial charge < -0.3 is 10.2 Å². The van der Waals surface area contributed by atoms with Gasteiger partial charge in [0, 0.05) is 18.4 Å². The van der Waals surface area contributed by atoms with E-state index < -0.39 is 0 Å². The van der Waals surface area contributed by atoms with Crippen molar-refractivity contribution in [3.05, 3.63) is 0 Å². The Morgan fingerprint density at radius 3 is 1.91 bits per heavy atom. The summed E-state index contributed by atoms with van der Waals surface area (Å²) in [6, 6.07) is 0. The highest BCUT2D eigenvalue weighted by atomic mass is 79.9. The second-order valence-electron chi connectivity index (χ2n) is 2.33. The predicted molar refractivity (Wildman–Crippen MR) is 49.0 cm³/mol. The summed E-state index contributed by atoms with van der Waals surface area (Å²) in [5.41, 5.74) is 0. The van der Waals surface area contributed by atoms with Crippen LogP contribution in [0.4, 0.5) is 0 Å². The third-order valence-corrected chi connectivity index (χ3v) is 2.00. The van der Waals surface area contributed by atoms with Crippen LogP contribution in [0.1, 0.15) is 6.42 Å². The normalized spacial score (nSPS) is 10.9. The maximum Gasteiger partial charge on any atom is 0.0558 e. The van der Waals surface area contributed by atoms with Crippen LogP contribution < -0.4 is 0 Å². The van der Waals surface area contributed by atoms with Crippen molar-refractivity contribution in [2.45, 2.75) is 6.42 Å². The molecular formula is C7H16BrNO2. The molecule has 0 aromatic heterocycles. The Kier molecular flexibility index (Phi) is 8.73. The maximum absolute atomic E-state index is 8.63. The van der Waals surface area contributed by atoms with Crippen LogP contribution in [0.5, 0.6) is 0 Å². The number of hydrogen-bond donors (Lipinski definition) is 2. The fourth-order valence-corrected chi connectivity index (χ4v) is 1.15. The van der Waals surface area contributed by atoms with E-state index in [1.165, 1.54) is 0 Å². The van der Waals surface area contributed by atoms with Gasteiger partial charge in [-0.15, -0.1) is 0 Å². The molecule has 2 N–H and O–H groups in total. The molecule has 0 aliphatic rings. The zero-order valence-corrected chi connectivity index (χ0v) is 8.26. The molecule has 0 bridgehead atoms. The second-order valence-corrected chi connectivity index (χ2v) is 3.12. The van der Waals surface area contributed by atoms with Gasteiger partial charge in [-0.2, -0.15) is 0 Å². The highest BCUT2D eigenvalue weighted by Gasteiger charge is 2.01. The molecule has 3 nitrogen and oxygen atoms in total. The van der Waals surface area contributed by atoms with E-state index in [1.54, 1.807) is 0 Å². The Morgan fingerprint density at radius 1 is 1.00 bits per heavy atom. The van der Waals surface area contributed by atoms with Crippen LogP contribution in [0.3, 0.4) is 0 Å². The summed E-state index contributed by atoms with van der Waals surface area (Å²) in [5.74, 6) is 0. The van der Waals surface area contributed by atoms with Gasteiger partial charge in [-0.1, -0.05) is 15.9 Å². The average Bonchev–Trinajstić information content (AvgIpc) is 2.01. The smallest absolute Gasteiger partial charge is 0.0558 e. The number of hydrogen-bond acceptors (Lipinski definition) is 3. The monoisotopic (exact) mass is 225 g/mol. The van der Waals surface area contributed by atoms with Crippen LogP contribution in [0.2, 0.25) is 0 Å². The second kappa shape index (κ2) is 8.46. The van der Waals surface area contributed by atoms with Crippen molar-refractivity contribution >= 4 is 15.9 Å². The van der Waals surface area contributed by atoms with Crippen molar-refractivity contribution < 1.29 is 10.2 Å². The predicted octanol–water partition coefficient (Wildman–Crippen LogP) is 0.0580. The molecule has 0 atom stereocenters. The number of rotatable bonds is 7. The molecule has 4 heteroatoms. The van der Waals surface area contributed by atoms with Crippen molar-refractivity contribution in [3.63, 3.8) is 0 Å². The van der Waals surface area contributed by atoms with Crippen molar-refractivity contribution in [2.75, 3.05) is 38.2 Å². The summed E-state index contributed by atoms with van der Waals surface area (Å²) >= 11 is 3.33. The number of nitrogens with zero attached hydrogens (tertiary/aromatic N) is 1. The fraction of sp³-hybridized carbons (Fsp3) is 1.00. The molecule has 0 aliphatic heterocycles. The first-order chi connectivity index (χ1) is 5.35. The van der Waals surface area contributed by atoms with Gasteiger partial charge in [0.15, 0.2) is 0 Å². The zero-order chi connectivity index (χ0) is 8.53. The van der Waals surface area contributed by atoms with E-state index in [2.05, 4.69) is 15.9 Å². The van der Waals surface area contributed by atoms with Gasteiger partial charge in [0.25, 0.3) is 0 Å². The molecule has 0 aromatic carbocycles. The van der Waals surface area contributed by atoms with E-state index in [4.69, 9.17) is 10.2 Å². The van der Waals surface area contributed by atoms with Gasteiger partial charge in [0.2, 0.25) is 0 Å². The Morgan fingerprint density at radius 2 is 1.55 bits per heavy atom. The lowest BCUT2D eigenvalue weighted by Gasteiger charge is -2.18. The first-order valence-corrected chi connectivity index (χ1v) is 4.97. The first kappa shape index (κ1) is 11.4. The molecule has 11 heavy (non-hydrogen) atoms. The average molecular weight is 226 g/mol. The van der Waals surface area contributed by atoms with E-state index in [0.29, 0.717) is 13.1 Å². The summed E-state index contributed by atoms with van der Waals surface area (Å²) in [7, 11) is 0. The summed E-state index contributed by atoms with van der Waals surface area (Å²) in [5, 5.41) is 18.2. The van der Waals surface area contributed by atoms with Crippen molar-refractivity contribution in [1.82, 2.24) is 4.90 Å². The molecular weight excluding hydrogens is 210 g/mol. The van der Waals surface area contributed by atoms with Crippen LogP contribution >= 0.6 is 15.9 Å². The van der Waals surface area contributed by atoms with Crippen LogP contribution in [-0.4, -0.2) is 53.3 Å². The van der Waals surface area contributed by atoms with Crippen LogP contribution in [0.25, 0.3) is 0 Å². The maximum atomic E-state index is 8.63. The SMILES string of the molecule is OCCN(CCO)CCCBr. The van der Waals surface area contributed by atoms with Gasteiger partial charge in [-0.25, -0.2) is 0 Å². The number of halogens is 1. The minimum absolute atomic E-state index is 0.169. The molecule has 68 valence electrons. The highest BCUT2D eigenvalue weighted by Crippen LogP contribution is 1.93. The lowest BCUT2D eigenvalue weighted by molar-refractivity contribution is 0.161. The van der Waals surface area contributed by atoms with Crippen molar-refractivity contribution in [1.29, 1.82) is 0 Å². The van der Waals surface area contributed by atoms with Gasteiger partial charge in [-0.05, 0) is 13.0 Å². The molecule has 0 aromatic rings. The lowest BCUT2D eigenvalue weighted by Crippen LogP contribution is -2.30. The van der Waals surface area contributed by atoms with Crippen LogP contribution in [0.15, 0.2) is 0 Å². The quantitative estimate of drug-likeness (QED) is 0.603. The number of aliphatic hydroxyl groups is 2. The molecule has 0 saturated heterocycles. The minimum Gasteiger partial charge on any atom is -0.395 e. The van der Waals surface area contributed by atoms with E-state index >= 15 is 0 Å². The van der Waals surface area contributed by atoms with Crippen molar-refractivity contribution in [2.24, 2.45) is 0 Å². The van der Waals surface area contributed by atoms with Gasteiger partial charge >= 0.3 is 0 Å². The summed E-state index contributed by atoms with van der Waals surface area (Å²) in [6.45, 7) is 2.60. The third kappa shape index (κ3) is 6.75. The molecule has 0 spiro atoms. The van der Waals surface area contributed by atoms with Crippen LogP contribution in [0, 0.1) is 0 Å².